The van der Waals surface area contributed by atoms with Gasteiger partial charge in [0.25, 0.3) is 5.91 Å². The van der Waals surface area contributed by atoms with Gasteiger partial charge < -0.3 is 5.11 Å². The molecule has 1 amide bonds. The number of phenolic OH excluding ortho intramolecular Hbond substituents is 1. The minimum Gasteiger partial charge on any atom is -0.508 e. The van der Waals surface area contributed by atoms with Crippen LogP contribution >= 0.6 is 11.3 Å². The van der Waals surface area contributed by atoms with Crippen molar-refractivity contribution in [3.8, 4) is 16.3 Å². The van der Waals surface area contributed by atoms with Crippen LogP contribution in [0.25, 0.3) is 10.6 Å². The van der Waals surface area contributed by atoms with Crippen LogP contribution in [-0.2, 0) is 27.8 Å². The second-order valence-corrected chi connectivity index (χ2v) is 10.3. The Morgan fingerprint density at radius 1 is 1.12 bits per heavy atom. The predicted octanol–water partition coefficient (Wildman–Crippen LogP) is 1.87. The van der Waals surface area contributed by atoms with E-state index in [0.29, 0.717) is 11.3 Å². The van der Waals surface area contributed by atoms with Crippen LogP contribution in [0.15, 0.2) is 71.2 Å². The lowest BCUT2D eigenvalue weighted by atomic mass is 10.1. The Labute approximate surface area is 198 Å². The number of aromatic nitrogens is 4. The van der Waals surface area contributed by atoms with Crippen molar-refractivity contribution in [1.29, 1.82) is 0 Å². The molecule has 0 spiro atoms. The van der Waals surface area contributed by atoms with E-state index >= 15 is 0 Å². The van der Waals surface area contributed by atoms with E-state index in [9.17, 15) is 18.3 Å². The van der Waals surface area contributed by atoms with E-state index < -0.39 is 22.0 Å². The van der Waals surface area contributed by atoms with Gasteiger partial charge in [0.05, 0.1) is 29.0 Å². The molecule has 1 atom stereocenters. The summed E-state index contributed by atoms with van der Waals surface area (Å²) in [5, 5.41) is 26.4. The van der Waals surface area contributed by atoms with Gasteiger partial charge in [0.15, 0.2) is 0 Å². The summed E-state index contributed by atoms with van der Waals surface area (Å²) in [6, 6.07) is 13.9. The van der Waals surface area contributed by atoms with Crippen LogP contribution in [-0.4, -0.2) is 44.6 Å². The van der Waals surface area contributed by atoms with E-state index in [4.69, 9.17) is 5.21 Å². The zero-order valence-corrected chi connectivity index (χ0v) is 19.2. The van der Waals surface area contributed by atoms with Gasteiger partial charge in [0, 0.05) is 12.6 Å². The van der Waals surface area contributed by atoms with E-state index in [1.165, 1.54) is 29.1 Å². The van der Waals surface area contributed by atoms with Crippen molar-refractivity contribution in [3.05, 3.63) is 78.2 Å². The molecular formula is C21H20N6O5S2. The molecule has 34 heavy (non-hydrogen) atoms. The lowest BCUT2D eigenvalue weighted by Crippen LogP contribution is -2.32. The number of hydrogen-bond acceptors (Lipinski definition) is 9. The Balaban J connectivity index is 1.45. The molecule has 11 nitrogen and oxygen atoms in total. The summed E-state index contributed by atoms with van der Waals surface area (Å²) in [4.78, 5) is 17.1. The van der Waals surface area contributed by atoms with Crippen molar-refractivity contribution < 1.29 is 23.5 Å². The van der Waals surface area contributed by atoms with E-state index in [1.807, 2.05) is 6.07 Å². The summed E-state index contributed by atoms with van der Waals surface area (Å²) in [5.41, 5.74) is 3.28. The van der Waals surface area contributed by atoms with Gasteiger partial charge in [0.2, 0.25) is 10.0 Å². The second-order valence-electron chi connectivity index (χ2n) is 7.21. The largest absolute Gasteiger partial charge is 0.508 e. The molecule has 0 bridgehead atoms. The molecule has 0 aliphatic carbocycles. The van der Waals surface area contributed by atoms with Gasteiger partial charge in [-0.3, -0.25) is 15.0 Å². The fraction of sp³-hybridized carbons (Fsp3) is 0.143. The Kier molecular flexibility index (Phi) is 6.98. The average Bonchev–Trinajstić information content (AvgIpc) is 3.53. The minimum atomic E-state index is -3.81. The normalized spacial score (nSPS) is 12.4. The topological polar surface area (TPSA) is 159 Å². The summed E-state index contributed by atoms with van der Waals surface area (Å²) in [5.74, 6) is -0.633. The van der Waals surface area contributed by atoms with Crippen molar-refractivity contribution in [2.45, 2.75) is 23.2 Å². The van der Waals surface area contributed by atoms with E-state index in [0.717, 1.165) is 16.2 Å². The number of rotatable bonds is 9. The number of hydroxylamine groups is 1. The first kappa shape index (κ1) is 23.5. The smallest absolute Gasteiger partial charge is 0.268 e. The van der Waals surface area contributed by atoms with Gasteiger partial charge in [0.1, 0.15) is 16.0 Å². The molecule has 3 heterocycles. The lowest BCUT2D eigenvalue weighted by molar-refractivity contribution is -0.133. The summed E-state index contributed by atoms with van der Waals surface area (Å²) in [6.07, 6.45) is 3.22. The molecule has 0 saturated heterocycles. The number of benzene rings is 1. The predicted molar refractivity (Wildman–Crippen MR) is 122 cm³/mol. The van der Waals surface area contributed by atoms with Crippen molar-refractivity contribution in [2.75, 3.05) is 0 Å². The average molecular weight is 501 g/mol. The molecule has 176 valence electrons. The molecule has 0 unspecified atom stereocenters. The third-order valence-electron chi connectivity index (χ3n) is 4.86. The van der Waals surface area contributed by atoms with Crippen LogP contribution < -0.4 is 10.2 Å². The zero-order valence-electron chi connectivity index (χ0n) is 17.6. The highest BCUT2D eigenvalue weighted by atomic mass is 32.2. The number of nitrogens with one attached hydrogen (secondary N) is 2. The quantitative estimate of drug-likeness (QED) is 0.200. The van der Waals surface area contributed by atoms with E-state index in [2.05, 4.69) is 20.0 Å². The molecule has 0 aliphatic rings. The van der Waals surface area contributed by atoms with Gasteiger partial charge in [-0.05, 0) is 42.0 Å². The molecular weight excluding hydrogens is 480 g/mol. The number of aromatic hydroxyl groups is 1. The summed E-state index contributed by atoms with van der Waals surface area (Å²) < 4.78 is 29.3. The fourth-order valence-electron chi connectivity index (χ4n) is 3.13. The standard InChI is InChI=1S/C21H20N6O5S2/c28-16-6-4-14(5-7-16)11-18(21(29)25-30)27-13-15(24-26-27)12-23-34(31,32)20-9-8-19(33-20)17-3-1-2-10-22-17/h1-10,13,18,23,28,30H,11-12H2,(H,25,29)/t18-/m0/s1. The maximum Gasteiger partial charge on any atom is 0.268 e. The summed E-state index contributed by atoms with van der Waals surface area (Å²) in [6.45, 7) is -0.147. The first-order valence-electron chi connectivity index (χ1n) is 9.99. The molecule has 13 heteroatoms. The minimum absolute atomic E-state index is 0.0835. The maximum atomic E-state index is 12.7. The Hall–Kier alpha value is -3.65. The third-order valence-corrected chi connectivity index (χ3v) is 7.86. The monoisotopic (exact) mass is 500 g/mol. The number of nitrogens with zero attached hydrogens (tertiary/aromatic N) is 4. The maximum absolute atomic E-state index is 12.7. The van der Waals surface area contributed by atoms with Crippen molar-refractivity contribution in [2.24, 2.45) is 0 Å². The second kappa shape index (κ2) is 10.1. The Bertz CT molecular complexity index is 1370. The highest BCUT2D eigenvalue weighted by molar-refractivity contribution is 7.91. The first-order valence-corrected chi connectivity index (χ1v) is 12.3. The summed E-state index contributed by atoms with van der Waals surface area (Å²) >= 11 is 1.09. The fourth-order valence-corrected chi connectivity index (χ4v) is 5.46. The molecule has 1 aromatic carbocycles. The molecule has 0 saturated carbocycles. The lowest BCUT2D eigenvalue weighted by Gasteiger charge is -2.14. The van der Waals surface area contributed by atoms with Gasteiger partial charge in [-0.25, -0.2) is 23.3 Å². The number of pyridine rings is 1. The zero-order chi connectivity index (χ0) is 24.1. The number of carbonyl (C=O) groups is 1. The van der Waals surface area contributed by atoms with E-state index in [-0.39, 0.29) is 28.6 Å². The van der Waals surface area contributed by atoms with Crippen LogP contribution in [0.3, 0.4) is 0 Å². The van der Waals surface area contributed by atoms with Crippen LogP contribution in [0.2, 0.25) is 0 Å². The number of thiophene rings is 1. The number of amides is 1. The molecule has 0 radical (unpaired) electrons. The van der Waals surface area contributed by atoms with Crippen molar-refractivity contribution in [1.82, 2.24) is 30.2 Å². The number of sulfonamides is 1. The Morgan fingerprint density at radius 2 is 1.91 bits per heavy atom. The van der Waals surface area contributed by atoms with Crippen molar-refractivity contribution in [3.63, 3.8) is 0 Å². The number of carbonyl (C=O) groups excluding carboxylic acids is 1. The van der Waals surface area contributed by atoms with Crippen LogP contribution in [0.4, 0.5) is 0 Å². The molecule has 4 N–H and O–H groups in total. The highest BCUT2D eigenvalue weighted by Gasteiger charge is 2.23. The van der Waals surface area contributed by atoms with Crippen LogP contribution in [0, 0.1) is 0 Å². The highest BCUT2D eigenvalue weighted by Crippen LogP contribution is 2.29. The molecule has 4 aromatic rings. The van der Waals surface area contributed by atoms with Gasteiger partial charge in [-0.15, -0.1) is 16.4 Å². The number of hydrogen-bond donors (Lipinski definition) is 4. The SMILES string of the molecule is O=C(NO)[C@H](Cc1ccc(O)cc1)n1cc(CNS(=O)(=O)c2ccc(-c3ccccn3)s2)nn1. The van der Waals surface area contributed by atoms with E-state index in [1.54, 1.807) is 42.0 Å². The molecule has 3 aromatic heterocycles. The summed E-state index contributed by atoms with van der Waals surface area (Å²) in [7, 11) is -3.81. The Morgan fingerprint density at radius 3 is 2.62 bits per heavy atom. The first-order chi connectivity index (χ1) is 16.4. The van der Waals surface area contributed by atoms with Crippen LogP contribution in [0.5, 0.6) is 5.75 Å². The third kappa shape index (κ3) is 5.46. The van der Waals surface area contributed by atoms with Gasteiger partial charge >= 0.3 is 0 Å². The van der Waals surface area contributed by atoms with Gasteiger partial charge in [-0.2, -0.15) is 0 Å². The van der Waals surface area contributed by atoms with Crippen molar-refractivity contribution >= 4 is 27.3 Å². The van der Waals surface area contributed by atoms with Gasteiger partial charge in [-0.1, -0.05) is 23.4 Å². The van der Waals surface area contributed by atoms with Crippen LogP contribution in [0.1, 0.15) is 17.3 Å². The number of phenols is 1. The molecule has 0 fully saturated rings. The molecule has 0 aliphatic heterocycles. The molecule has 4 rings (SSSR count).